The summed E-state index contributed by atoms with van der Waals surface area (Å²) >= 11 is 0. The Morgan fingerprint density at radius 1 is 1.11 bits per heavy atom. The van der Waals surface area contributed by atoms with Crippen LogP contribution < -0.4 is 15.4 Å². The Morgan fingerprint density at radius 3 is 2.20 bits per heavy atom. The summed E-state index contributed by atoms with van der Waals surface area (Å²) in [6, 6.07) is 8.42. The number of benzene rings is 2. The lowest BCUT2D eigenvalue weighted by atomic mass is 9.97. The van der Waals surface area contributed by atoms with E-state index in [1.807, 2.05) is 0 Å². The lowest BCUT2D eigenvalue weighted by Gasteiger charge is -2.28. The van der Waals surface area contributed by atoms with Gasteiger partial charge in [0.1, 0.15) is 23.2 Å². The third kappa shape index (κ3) is 7.70. The fraction of sp³-hybridized carbons (Fsp3) is 0.417. The van der Waals surface area contributed by atoms with E-state index in [1.54, 1.807) is 26.0 Å². The Bertz CT molecular complexity index is 1170. The van der Waals surface area contributed by atoms with Gasteiger partial charge in [0.15, 0.2) is 9.84 Å². The molecule has 2 atom stereocenters. The SMILES string of the molecule is COc1ccc(-c2ccc([C@H](N[C@@H](CC(C)C)C(=O)NCC#N)C(F)(F)F)cc2)cc1S(C)(=O)=O. The van der Waals surface area contributed by atoms with Gasteiger partial charge in [0.2, 0.25) is 5.91 Å². The van der Waals surface area contributed by atoms with Crippen LogP contribution in [-0.4, -0.2) is 46.5 Å². The second-order valence-electron chi connectivity index (χ2n) is 8.46. The van der Waals surface area contributed by atoms with Crippen molar-refractivity contribution in [3.8, 4) is 22.9 Å². The molecule has 2 aromatic rings. The Labute approximate surface area is 203 Å². The monoisotopic (exact) mass is 511 g/mol. The number of hydrogen-bond acceptors (Lipinski definition) is 6. The number of nitrogens with zero attached hydrogens (tertiary/aromatic N) is 1. The molecule has 2 rings (SSSR count). The average molecular weight is 512 g/mol. The van der Waals surface area contributed by atoms with E-state index in [0.717, 1.165) is 6.26 Å². The van der Waals surface area contributed by atoms with Crippen LogP contribution in [0.1, 0.15) is 31.9 Å². The van der Waals surface area contributed by atoms with Crippen molar-refractivity contribution in [1.29, 1.82) is 5.26 Å². The number of amides is 1. The highest BCUT2D eigenvalue weighted by atomic mass is 32.2. The Morgan fingerprint density at radius 2 is 1.71 bits per heavy atom. The molecule has 0 saturated heterocycles. The highest BCUT2D eigenvalue weighted by Gasteiger charge is 2.42. The fourth-order valence-electron chi connectivity index (χ4n) is 3.57. The lowest BCUT2D eigenvalue weighted by Crippen LogP contribution is -2.49. The van der Waals surface area contributed by atoms with E-state index in [2.05, 4.69) is 10.6 Å². The zero-order valence-corrected chi connectivity index (χ0v) is 20.6. The largest absolute Gasteiger partial charge is 0.495 e. The number of ether oxygens (including phenoxy) is 1. The summed E-state index contributed by atoms with van der Waals surface area (Å²) in [6.45, 7) is 3.25. The number of carbonyl (C=O) groups is 1. The molecule has 190 valence electrons. The van der Waals surface area contributed by atoms with Gasteiger partial charge in [-0.2, -0.15) is 18.4 Å². The van der Waals surface area contributed by atoms with Gasteiger partial charge < -0.3 is 10.1 Å². The van der Waals surface area contributed by atoms with Gasteiger partial charge >= 0.3 is 6.18 Å². The van der Waals surface area contributed by atoms with E-state index in [0.29, 0.717) is 11.1 Å². The van der Waals surface area contributed by atoms with Crippen LogP contribution >= 0.6 is 0 Å². The van der Waals surface area contributed by atoms with Gasteiger partial charge in [-0.15, -0.1) is 0 Å². The van der Waals surface area contributed by atoms with E-state index in [4.69, 9.17) is 10.00 Å². The fourth-order valence-corrected chi connectivity index (χ4v) is 4.42. The minimum atomic E-state index is -4.70. The van der Waals surface area contributed by atoms with Crippen molar-refractivity contribution in [2.75, 3.05) is 19.9 Å². The first-order valence-corrected chi connectivity index (χ1v) is 12.6. The topological polar surface area (TPSA) is 108 Å². The maximum Gasteiger partial charge on any atom is 0.407 e. The number of methoxy groups -OCH3 is 1. The summed E-state index contributed by atoms with van der Waals surface area (Å²) in [5.41, 5.74) is 0.885. The zero-order chi connectivity index (χ0) is 26.4. The minimum Gasteiger partial charge on any atom is -0.495 e. The van der Waals surface area contributed by atoms with Crippen LogP contribution in [0.15, 0.2) is 47.4 Å². The summed E-state index contributed by atoms with van der Waals surface area (Å²) in [6.07, 6.45) is -3.52. The van der Waals surface area contributed by atoms with Crippen LogP contribution in [-0.2, 0) is 14.6 Å². The van der Waals surface area contributed by atoms with Crippen molar-refractivity contribution >= 4 is 15.7 Å². The second kappa shape index (κ2) is 11.6. The molecular formula is C24H28F3N3O4S. The number of nitriles is 1. The highest BCUT2D eigenvalue weighted by molar-refractivity contribution is 7.90. The number of hydrogen-bond donors (Lipinski definition) is 2. The number of alkyl halides is 3. The molecule has 2 aromatic carbocycles. The molecule has 11 heteroatoms. The van der Waals surface area contributed by atoms with Gasteiger partial charge in [-0.1, -0.05) is 44.2 Å². The molecule has 0 fully saturated rings. The lowest BCUT2D eigenvalue weighted by molar-refractivity contribution is -0.161. The van der Waals surface area contributed by atoms with Crippen molar-refractivity contribution < 1.29 is 31.1 Å². The summed E-state index contributed by atoms with van der Waals surface area (Å²) < 4.78 is 71.2. The average Bonchev–Trinajstić information content (AvgIpc) is 2.78. The summed E-state index contributed by atoms with van der Waals surface area (Å²) in [5.74, 6) is -0.589. The van der Waals surface area contributed by atoms with Crippen LogP contribution in [0.5, 0.6) is 5.75 Å². The third-order valence-corrected chi connectivity index (χ3v) is 6.32. The smallest absolute Gasteiger partial charge is 0.407 e. The molecule has 0 heterocycles. The van der Waals surface area contributed by atoms with Gasteiger partial charge in [-0.3, -0.25) is 10.1 Å². The molecule has 2 N–H and O–H groups in total. The zero-order valence-electron chi connectivity index (χ0n) is 19.8. The number of sulfone groups is 1. The molecular weight excluding hydrogens is 483 g/mol. The number of carbonyl (C=O) groups excluding carboxylic acids is 1. The van der Waals surface area contributed by atoms with E-state index in [-0.39, 0.29) is 35.1 Å². The molecule has 0 spiro atoms. The maximum atomic E-state index is 14.0. The van der Waals surface area contributed by atoms with Crippen LogP contribution in [0, 0.1) is 17.2 Å². The van der Waals surface area contributed by atoms with E-state index in [9.17, 15) is 26.4 Å². The number of halogens is 3. The Hall–Kier alpha value is -3.10. The first-order chi connectivity index (χ1) is 16.3. The molecule has 0 aliphatic carbocycles. The predicted molar refractivity (Wildman–Crippen MR) is 125 cm³/mol. The number of rotatable bonds is 10. The molecule has 0 saturated carbocycles. The van der Waals surface area contributed by atoms with Crippen molar-refractivity contribution in [3.63, 3.8) is 0 Å². The van der Waals surface area contributed by atoms with Crippen LogP contribution in [0.4, 0.5) is 13.2 Å². The summed E-state index contributed by atoms with van der Waals surface area (Å²) in [7, 11) is -2.25. The molecule has 0 aliphatic heterocycles. The quantitative estimate of drug-likeness (QED) is 0.467. The summed E-state index contributed by atoms with van der Waals surface area (Å²) in [5, 5.41) is 13.4. The van der Waals surface area contributed by atoms with E-state index < -0.39 is 34.0 Å². The Balaban J connectivity index is 2.40. The highest BCUT2D eigenvalue weighted by Crippen LogP contribution is 2.35. The standard InChI is InChI=1S/C24H28F3N3O4S/c1-15(2)13-19(23(31)29-12-11-28)30-22(24(25,26)27)17-7-5-16(6-8-17)18-9-10-20(34-3)21(14-18)35(4,32)33/h5-10,14-15,19,22,30H,12-13H2,1-4H3,(H,29,31)/t19-,22-/m0/s1. The van der Waals surface area contributed by atoms with Gasteiger partial charge in [0.25, 0.3) is 0 Å². The third-order valence-electron chi connectivity index (χ3n) is 5.20. The van der Waals surface area contributed by atoms with Crippen molar-refractivity contribution in [1.82, 2.24) is 10.6 Å². The van der Waals surface area contributed by atoms with Gasteiger partial charge in [0, 0.05) is 6.26 Å². The number of nitrogens with one attached hydrogen (secondary N) is 2. The molecule has 35 heavy (non-hydrogen) atoms. The van der Waals surface area contributed by atoms with Gasteiger partial charge in [-0.05, 0) is 41.2 Å². The van der Waals surface area contributed by atoms with Gasteiger partial charge in [-0.25, -0.2) is 8.42 Å². The van der Waals surface area contributed by atoms with Crippen LogP contribution in [0.2, 0.25) is 0 Å². The van der Waals surface area contributed by atoms with Gasteiger partial charge in [0.05, 0.1) is 19.2 Å². The maximum absolute atomic E-state index is 14.0. The normalized spacial score (nSPS) is 13.7. The predicted octanol–water partition coefficient (Wildman–Crippen LogP) is 4.01. The molecule has 1 amide bonds. The minimum absolute atomic E-state index is 0.0312. The van der Waals surface area contributed by atoms with Crippen LogP contribution in [0.25, 0.3) is 11.1 Å². The molecule has 0 unspecified atom stereocenters. The Kier molecular flexibility index (Phi) is 9.29. The van der Waals surface area contributed by atoms with E-state index >= 15 is 0 Å². The molecule has 7 nitrogen and oxygen atoms in total. The second-order valence-corrected chi connectivity index (χ2v) is 10.4. The molecule has 0 radical (unpaired) electrons. The molecule has 0 aliphatic rings. The summed E-state index contributed by atoms with van der Waals surface area (Å²) in [4.78, 5) is 12.4. The first-order valence-electron chi connectivity index (χ1n) is 10.7. The van der Waals surface area contributed by atoms with Crippen molar-refractivity contribution in [2.45, 2.75) is 43.4 Å². The van der Waals surface area contributed by atoms with Crippen molar-refractivity contribution in [3.05, 3.63) is 48.0 Å². The van der Waals surface area contributed by atoms with Crippen molar-refractivity contribution in [2.24, 2.45) is 5.92 Å². The van der Waals surface area contributed by atoms with Crippen LogP contribution in [0.3, 0.4) is 0 Å². The molecule has 0 bridgehead atoms. The van der Waals surface area contributed by atoms with E-state index in [1.165, 1.54) is 43.5 Å². The molecule has 0 aromatic heterocycles. The first kappa shape index (κ1) is 28.1.